The first-order valence-corrected chi connectivity index (χ1v) is 7.25. The van der Waals surface area contributed by atoms with E-state index in [1.54, 1.807) is 7.05 Å². The van der Waals surface area contributed by atoms with E-state index in [1.165, 1.54) is 11.0 Å². The van der Waals surface area contributed by atoms with Gasteiger partial charge < -0.3 is 10.2 Å². The molecule has 0 aromatic carbocycles. The second-order valence-electron chi connectivity index (χ2n) is 4.06. The van der Waals surface area contributed by atoms with Crippen LogP contribution in [-0.2, 0) is 14.4 Å². The zero-order chi connectivity index (χ0) is 15.8. The topological polar surface area (TPSA) is 66.5 Å². The summed E-state index contributed by atoms with van der Waals surface area (Å²) in [5.41, 5.74) is 0. The van der Waals surface area contributed by atoms with E-state index in [4.69, 9.17) is 0 Å². The minimum absolute atomic E-state index is 0.0508. The number of unbranched alkanes of at least 4 members (excludes halogenated alkanes) is 2. The van der Waals surface area contributed by atoms with E-state index in [-0.39, 0.29) is 18.2 Å². The molecule has 0 spiro atoms. The Labute approximate surface area is 122 Å². The number of nitrogens with one attached hydrogen (secondary N) is 1. The molecule has 1 N–H and O–H groups in total. The third-order valence-corrected chi connectivity index (χ3v) is 2.47. The summed E-state index contributed by atoms with van der Waals surface area (Å²) in [6.07, 6.45) is 6.37. The summed E-state index contributed by atoms with van der Waals surface area (Å²) in [5, 5.41) is 2.80. The lowest BCUT2D eigenvalue weighted by Crippen LogP contribution is -2.31. The van der Waals surface area contributed by atoms with Gasteiger partial charge in [-0.2, -0.15) is 0 Å². The van der Waals surface area contributed by atoms with Crippen LogP contribution in [0.15, 0.2) is 12.2 Å². The molecule has 2 amide bonds. The fourth-order valence-electron chi connectivity index (χ4n) is 1.32. The third kappa shape index (κ3) is 12.8. The van der Waals surface area contributed by atoms with E-state index in [0.29, 0.717) is 19.4 Å². The van der Waals surface area contributed by atoms with Gasteiger partial charge in [0.15, 0.2) is 0 Å². The van der Waals surface area contributed by atoms with Crippen LogP contribution in [0.5, 0.6) is 0 Å². The van der Waals surface area contributed by atoms with Crippen LogP contribution in [0.3, 0.4) is 0 Å². The molecule has 0 atom stereocenters. The average molecular weight is 284 g/mol. The minimum Gasteiger partial charge on any atom is -0.356 e. The van der Waals surface area contributed by atoms with Gasteiger partial charge in [0.2, 0.25) is 11.8 Å². The third-order valence-electron chi connectivity index (χ3n) is 2.47. The fraction of sp³-hybridized carbons (Fsp3) is 0.667. The smallest absolute Gasteiger partial charge is 0.246 e. The maximum atomic E-state index is 11.4. The molecule has 0 aliphatic carbocycles. The van der Waals surface area contributed by atoms with Crippen molar-refractivity contribution >= 4 is 18.1 Å². The first-order valence-electron chi connectivity index (χ1n) is 7.25. The van der Waals surface area contributed by atoms with Crippen molar-refractivity contribution in [3.63, 3.8) is 0 Å². The van der Waals surface area contributed by atoms with Gasteiger partial charge >= 0.3 is 0 Å². The molecule has 0 aliphatic heterocycles. The van der Waals surface area contributed by atoms with Crippen molar-refractivity contribution in [1.82, 2.24) is 10.2 Å². The molecule has 0 unspecified atom stereocenters. The van der Waals surface area contributed by atoms with Gasteiger partial charge in [-0.25, -0.2) is 0 Å². The summed E-state index contributed by atoms with van der Waals surface area (Å²) in [7, 11) is 1.60. The average Bonchev–Trinajstić information content (AvgIpc) is 2.48. The molecule has 5 heteroatoms. The number of amides is 2. The summed E-state index contributed by atoms with van der Waals surface area (Å²) in [5.74, 6) is -0.328. The Kier molecular flexibility index (Phi) is 15.9. The lowest BCUT2D eigenvalue weighted by Gasteiger charge is -2.14. The number of hydrogen-bond acceptors (Lipinski definition) is 3. The van der Waals surface area contributed by atoms with Crippen molar-refractivity contribution in [3.8, 4) is 0 Å². The number of rotatable bonds is 9. The highest BCUT2D eigenvalue weighted by Gasteiger charge is 2.07. The summed E-state index contributed by atoms with van der Waals surface area (Å²) < 4.78 is 0. The molecule has 0 rings (SSSR count). The molecule has 0 radical (unpaired) electrons. The van der Waals surface area contributed by atoms with Crippen LogP contribution in [0, 0.1) is 0 Å². The molecule has 0 aliphatic rings. The van der Waals surface area contributed by atoms with Crippen molar-refractivity contribution in [2.24, 2.45) is 0 Å². The van der Waals surface area contributed by atoms with Crippen molar-refractivity contribution in [3.05, 3.63) is 12.2 Å². The van der Waals surface area contributed by atoms with Crippen molar-refractivity contribution in [1.29, 1.82) is 0 Å². The van der Waals surface area contributed by atoms with Crippen molar-refractivity contribution in [2.75, 3.05) is 20.1 Å². The quantitative estimate of drug-likeness (QED) is 0.399. The van der Waals surface area contributed by atoms with Gasteiger partial charge in [0, 0.05) is 32.6 Å². The Balaban J connectivity index is 0. The largest absolute Gasteiger partial charge is 0.356 e. The van der Waals surface area contributed by atoms with Crippen molar-refractivity contribution in [2.45, 2.75) is 46.5 Å². The van der Waals surface area contributed by atoms with Crippen LogP contribution in [-0.4, -0.2) is 43.1 Å². The molecule has 0 fully saturated rings. The Morgan fingerprint density at radius 2 is 1.85 bits per heavy atom. The number of nitrogens with zero attached hydrogens (tertiary/aromatic N) is 1. The lowest BCUT2D eigenvalue weighted by molar-refractivity contribution is -0.126. The van der Waals surface area contributed by atoms with E-state index >= 15 is 0 Å². The number of likely N-dealkylation sites (N-methyl/N-ethyl adjacent to an activating group) is 1. The molecule has 0 saturated heterocycles. The van der Waals surface area contributed by atoms with Crippen LogP contribution in [0.2, 0.25) is 0 Å². The van der Waals surface area contributed by atoms with Crippen LogP contribution in [0.4, 0.5) is 0 Å². The van der Waals surface area contributed by atoms with E-state index < -0.39 is 0 Å². The molecule has 20 heavy (non-hydrogen) atoms. The monoisotopic (exact) mass is 284 g/mol. The highest BCUT2D eigenvalue weighted by Crippen LogP contribution is 1.93. The van der Waals surface area contributed by atoms with E-state index in [1.807, 2.05) is 13.8 Å². The first kappa shape index (κ1) is 20.7. The van der Waals surface area contributed by atoms with Crippen LogP contribution < -0.4 is 5.32 Å². The standard InChI is InChI=1S/C13H22N2O3.C2H6/c1-3-4-5-9-14-12(17)8-10-15(2)13(18)7-6-11-16;1-2/h6-7,11H,3-5,8-10H2,1-2H3,(H,14,17);1-2H3/b7-6-;. The second-order valence-corrected chi connectivity index (χ2v) is 4.06. The molecular formula is C15H28N2O3. The maximum absolute atomic E-state index is 11.4. The SMILES string of the molecule is CC.CCCCCNC(=O)CCN(C)C(=O)/C=C\C=O. The van der Waals surface area contributed by atoms with Gasteiger partial charge in [0.25, 0.3) is 0 Å². The normalized spacial score (nSPS) is 9.60. The zero-order valence-corrected chi connectivity index (χ0v) is 13.1. The predicted octanol–water partition coefficient (Wildman–Crippen LogP) is 1.92. The first-order chi connectivity index (χ1) is 9.61. The molecule has 0 saturated carbocycles. The van der Waals surface area contributed by atoms with Gasteiger partial charge in [-0.05, 0) is 12.5 Å². The van der Waals surface area contributed by atoms with Gasteiger partial charge in [0.05, 0.1) is 0 Å². The number of carbonyl (C=O) groups is 3. The maximum Gasteiger partial charge on any atom is 0.246 e. The van der Waals surface area contributed by atoms with Gasteiger partial charge in [0.1, 0.15) is 6.29 Å². The van der Waals surface area contributed by atoms with Crippen LogP contribution in [0.1, 0.15) is 46.5 Å². The Bertz CT molecular complexity index is 301. The molecule has 5 nitrogen and oxygen atoms in total. The minimum atomic E-state index is -0.277. The van der Waals surface area contributed by atoms with E-state index in [2.05, 4.69) is 12.2 Å². The number of aldehydes is 1. The molecule has 0 aromatic rings. The number of allylic oxidation sites excluding steroid dienone is 1. The van der Waals surface area contributed by atoms with Crippen LogP contribution >= 0.6 is 0 Å². The summed E-state index contributed by atoms with van der Waals surface area (Å²) >= 11 is 0. The number of carbonyl (C=O) groups excluding carboxylic acids is 3. The van der Waals surface area contributed by atoms with Gasteiger partial charge in [-0.15, -0.1) is 0 Å². The highest BCUT2D eigenvalue weighted by atomic mass is 16.2. The summed E-state index contributed by atoms with van der Waals surface area (Å²) in [6, 6.07) is 0. The molecule has 116 valence electrons. The molecule has 0 aromatic heterocycles. The zero-order valence-electron chi connectivity index (χ0n) is 13.1. The van der Waals surface area contributed by atoms with Crippen LogP contribution in [0.25, 0.3) is 0 Å². The Hall–Kier alpha value is -1.65. The number of hydrogen-bond donors (Lipinski definition) is 1. The summed E-state index contributed by atoms with van der Waals surface area (Å²) in [4.78, 5) is 34.2. The van der Waals surface area contributed by atoms with Gasteiger partial charge in [-0.3, -0.25) is 14.4 Å². The summed E-state index contributed by atoms with van der Waals surface area (Å²) in [6.45, 7) is 7.15. The highest BCUT2D eigenvalue weighted by molar-refractivity contribution is 5.91. The Morgan fingerprint density at radius 1 is 1.20 bits per heavy atom. The fourth-order valence-corrected chi connectivity index (χ4v) is 1.32. The van der Waals surface area contributed by atoms with Gasteiger partial charge in [-0.1, -0.05) is 33.6 Å². The second kappa shape index (κ2) is 15.4. The molecule has 0 bridgehead atoms. The van der Waals surface area contributed by atoms with Crippen molar-refractivity contribution < 1.29 is 14.4 Å². The van der Waals surface area contributed by atoms with E-state index in [0.717, 1.165) is 25.3 Å². The molecule has 0 heterocycles. The lowest BCUT2D eigenvalue weighted by atomic mass is 10.2. The Morgan fingerprint density at radius 3 is 2.40 bits per heavy atom. The molecular weight excluding hydrogens is 256 g/mol. The van der Waals surface area contributed by atoms with E-state index in [9.17, 15) is 14.4 Å². The predicted molar refractivity (Wildman–Crippen MR) is 81.3 cm³/mol.